The maximum Gasteiger partial charge on any atom is 0.358 e. The number of hydrogen-bond acceptors (Lipinski definition) is 4. The molecule has 5 nitrogen and oxygen atoms in total. The summed E-state index contributed by atoms with van der Waals surface area (Å²) in [6.07, 6.45) is 0. The molecule has 94 valence electrons. The van der Waals surface area contributed by atoms with E-state index in [-0.39, 0.29) is 17.2 Å². The predicted molar refractivity (Wildman–Crippen MR) is 64.7 cm³/mol. The van der Waals surface area contributed by atoms with E-state index < -0.39 is 5.97 Å². The number of carboxylic acid groups (broad SMARTS) is 1. The van der Waals surface area contributed by atoms with Gasteiger partial charge in [0, 0.05) is 6.07 Å². The van der Waals surface area contributed by atoms with E-state index in [0.717, 1.165) is 5.56 Å². The van der Waals surface area contributed by atoms with E-state index in [2.05, 4.69) is 5.16 Å². The molecule has 0 aliphatic carbocycles. The van der Waals surface area contributed by atoms with Gasteiger partial charge in [-0.1, -0.05) is 25.1 Å². The van der Waals surface area contributed by atoms with Crippen molar-refractivity contribution in [3.63, 3.8) is 0 Å². The van der Waals surface area contributed by atoms with Gasteiger partial charge in [0.1, 0.15) is 5.75 Å². The van der Waals surface area contributed by atoms with Crippen molar-refractivity contribution in [3.8, 4) is 17.1 Å². The van der Waals surface area contributed by atoms with Gasteiger partial charge in [0.2, 0.25) is 0 Å². The molecule has 0 unspecified atom stereocenters. The molecule has 2 rings (SSSR count). The van der Waals surface area contributed by atoms with Crippen LogP contribution >= 0.6 is 0 Å². The molecular weight excluding hydrogens is 234 g/mol. The highest BCUT2D eigenvalue weighted by molar-refractivity contribution is 5.86. The zero-order chi connectivity index (χ0) is 13.3. The van der Waals surface area contributed by atoms with Gasteiger partial charge in [-0.15, -0.1) is 0 Å². The van der Waals surface area contributed by atoms with Crippen LogP contribution in [0, 0.1) is 0 Å². The van der Waals surface area contributed by atoms with Crippen LogP contribution in [0.25, 0.3) is 11.3 Å². The van der Waals surface area contributed by atoms with Crippen LogP contribution in [-0.2, 0) is 0 Å². The minimum atomic E-state index is -1.16. The van der Waals surface area contributed by atoms with E-state index >= 15 is 0 Å². The molecule has 1 aromatic carbocycles. The van der Waals surface area contributed by atoms with Crippen molar-refractivity contribution in [2.75, 3.05) is 0 Å². The quantitative estimate of drug-likeness (QED) is 0.871. The number of carboxylic acids is 1. The van der Waals surface area contributed by atoms with Crippen LogP contribution in [0.2, 0.25) is 0 Å². The number of phenols is 1. The lowest BCUT2D eigenvalue weighted by atomic mass is 9.99. The third kappa shape index (κ3) is 2.20. The SMILES string of the molecule is CC(C)c1ccc(O)c(-c2cc(C(=O)O)no2)c1. The van der Waals surface area contributed by atoms with E-state index in [9.17, 15) is 9.90 Å². The number of hydrogen-bond donors (Lipinski definition) is 2. The van der Waals surface area contributed by atoms with Crippen LogP contribution < -0.4 is 0 Å². The molecule has 2 N–H and O–H groups in total. The van der Waals surface area contributed by atoms with E-state index in [1.54, 1.807) is 12.1 Å². The Morgan fingerprint density at radius 1 is 1.33 bits per heavy atom. The van der Waals surface area contributed by atoms with Crippen molar-refractivity contribution < 1.29 is 19.5 Å². The normalized spacial score (nSPS) is 10.8. The minimum absolute atomic E-state index is 0.0347. The highest BCUT2D eigenvalue weighted by atomic mass is 16.5. The smallest absolute Gasteiger partial charge is 0.358 e. The summed E-state index contributed by atoms with van der Waals surface area (Å²) in [4.78, 5) is 10.7. The van der Waals surface area contributed by atoms with Crippen LogP contribution in [0.5, 0.6) is 5.75 Å². The van der Waals surface area contributed by atoms with E-state index in [1.165, 1.54) is 6.07 Å². The number of nitrogens with zero attached hydrogens (tertiary/aromatic N) is 1. The van der Waals surface area contributed by atoms with Gasteiger partial charge in [-0.05, 0) is 23.6 Å². The van der Waals surface area contributed by atoms with Crippen molar-refractivity contribution in [2.45, 2.75) is 19.8 Å². The molecule has 0 amide bonds. The van der Waals surface area contributed by atoms with Gasteiger partial charge in [-0.25, -0.2) is 4.79 Å². The maximum atomic E-state index is 10.7. The highest BCUT2D eigenvalue weighted by Crippen LogP contribution is 2.32. The Balaban J connectivity index is 2.48. The van der Waals surface area contributed by atoms with Gasteiger partial charge < -0.3 is 14.7 Å². The number of benzene rings is 1. The first-order valence-electron chi connectivity index (χ1n) is 5.52. The monoisotopic (exact) mass is 247 g/mol. The van der Waals surface area contributed by atoms with Crippen LogP contribution in [0.1, 0.15) is 35.8 Å². The first kappa shape index (κ1) is 12.2. The average Bonchev–Trinajstić information content (AvgIpc) is 2.78. The summed E-state index contributed by atoms with van der Waals surface area (Å²) in [6, 6.07) is 6.44. The number of aromatic hydroxyl groups is 1. The third-order valence-corrected chi connectivity index (χ3v) is 2.68. The second-order valence-electron chi connectivity index (χ2n) is 4.31. The maximum absolute atomic E-state index is 10.7. The zero-order valence-electron chi connectivity index (χ0n) is 10.0. The van der Waals surface area contributed by atoms with Crippen molar-refractivity contribution in [2.24, 2.45) is 0 Å². The number of rotatable bonds is 3. The van der Waals surface area contributed by atoms with E-state index in [0.29, 0.717) is 11.5 Å². The third-order valence-electron chi connectivity index (χ3n) is 2.68. The predicted octanol–water partition coefficient (Wildman–Crippen LogP) is 2.87. The summed E-state index contributed by atoms with van der Waals surface area (Å²) < 4.78 is 4.94. The van der Waals surface area contributed by atoms with Gasteiger partial charge in [0.25, 0.3) is 0 Å². The second-order valence-corrected chi connectivity index (χ2v) is 4.31. The van der Waals surface area contributed by atoms with Crippen molar-refractivity contribution in [3.05, 3.63) is 35.5 Å². The lowest BCUT2D eigenvalue weighted by Crippen LogP contribution is -1.94. The Morgan fingerprint density at radius 2 is 2.06 bits per heavy atom. The number of carbonyl (C=O) groups is 1. The number of aromatic carboxylic acids is 1. The Bertz CT molecular complexity index is 586. The Kier molecular flexibility index (Phi) is 3.06. The molecule has 0 aliphatic heterocycles. The summed E-state index contributed by atoms with van der Waals surface area (Å²) in [5.74, 6) is -0.587. The first-order chi connectivity index (χ1) is 8.49. The fourth-order valence-electron chi connectivity index (χ4n) is 1.61. The summed E-state index contributed by atoms with van der Waals surface area (Å²) >= 11 is 0. The largest absolute Gasteiger partial charge is 0.507 e. The van der Waals surface area contributed by atoms with Crippen LogP contribution in [0.4, 0.5) is 0 Å². The van der Waals surface area contributed by atoms with Gasteiger partial charge in [-0.3, -0.25) is 0 Å². The summed E-state index contributed by atoms with van der Waals surface area (Å²) in [5, 5.41) is 22.0. The first-order valence-corrected chi connectivity index (χ1v) is 5.52. The highest BCUT2D eigenvalue weighted by Gasteiger charge is 2.15. The fourth-order valence-corrected chi connectivity index (χ4v) is 1.61. The molecule has 2 aromatic rings. The molecule has 5 heteroatoms. The molecule has 0 bridgehead atoms. The van der Waals surface area contributed by atoms with E-state index in [4.69, 9.17) is 9.63 Å². The molecule has 0 atom stereocenters. The minimum Gasteiger partial charge on any atom is -0.507 e. The molecule has 0 radical (unpaired) electrons. The Labute approximate surface area is 104 Å². The summed E-state index contributed by atoms with van der Waals surface area (Å²) in [7, 11) is 0. The average molecular weight is 247 g/mol. The van der Waals surface area contributed by atoms with Gasteiger partial charge >= 0.3 is 5.97 Å². The van der Waals surface area contributed by atoms with E-state index in [1.807, 2.05) is 19.9 Å². The molecule has 0 saturated heterocycles. The zero-order valence-corrected chi connectivity index (χ0v) is 10.0. The van der Waals surface area contributed by atoms with Crippen LogP contribution in [0.3, 0.4) is 0 Å². The van der Waals surface area contributed by atoms with Gasteiger partial charge in [-0.2, -0.15) is 0 Å². The molecule has 0 aliphatic rings. The Hall–Kier alpha value is -2.30. The summed E-state index contributed by atoms with van der Waals surface area (Å²) in [6.45, 7) is 4.05. The molecule has 0 spiro atoms. The van der Waals surface area contributed by atoms with Crippen LogP contribution in [0.15, 0.2) is 28.8 Å². The fraction of sp³-hybridized carbons (Fsp3) is 0.231. The topological polar surface area (TPSA) is 83.6 Å². The molecule has 1 heterocycles. The Morgan fingerprint density at radius 3 is 2.61 bits per heavy atom. The molecule has 18 heavy (non-hydrogen) atoms. The lowest BCUT2D eigenvalue weighted by Gasteiger charge is -2.07. The van der Waals surface area contributed by atoms with Crippen LogP contribution in [-0.4, -0.2) is 21.3 Å². The number of phenolic OH excluding ortho intramolecular Hbond substituents is 1. The van der Waals surface area contributed by atoms with Gasteiger partial charge in [0.05, 0.1) is 5.56 Å². The van der Waals surface area contributed by atoms with Gasteiger partial charge in [0.15, 0.2) is 11.5 Å². The van der Waals surface area contributed by atoms with Crippen molar-refractivity contribution in [1.82, 2.24) is 5.16 Å². The molecular formula is C13H13NO4. The lowest BCUT2D eigenvalue weighted by molar-refractivity contribution is 0.0686. The number of aromatic nitrogens is 1. The molecule has 0 fully saturated rings. The molecule has 1 aromatic heterocycles. The molecule has 0 saturated carbocycles. The van der Waals surface area contributed by atoms with Crippen molar-refractivity contribution in [1.29, 1.82) is 0 Å². The van der Waals surface area contributed by atoms with Crippen molar-refractivity contribution >= 4 is 5.97 Å². The summed E-state index contributed by atoms with van der Waals surface area (Å²) in [5.41, 5.74) is 1.29. The standard InChI is InChI=1S/C13H13NO4/c1-7(2)8-3-4-11(15)9(5-8)12-6-10(13(16)17)14-18-12/h3-7,15H,1-2H3,(H,16,17). The second kappa shape index (κ2) is 4.52.